The summed E-state index contributed by atoms with van der Waals surface area (Å²) < 4.78 is 28.2. The van der Waals surface area contributed by atoms with E-state index in [2.05, 4.69) is 34.5 Å². The fourth-order valence-electron chi connectivity index (χ4n) is 5.28. The highest BCUT2D eigenvalue weighted by Gasteiger charge is 2.42. The summed E-state index contributed by atoms with van der Waals surface area (Å²) >= 11 is 0. The van der Waals surface area contributed by atoms with Crippen molar-refractivity contribution in [3.8, 4) is 0 Å². The van der Waals surface area contributed by atoms with Crippen LogP contribution in [0.3, 0.4) is 0 Å². The SMILES string of the molecule is O=C1CCc2cc(S(=O)(=O)N3CCC4(CCN(Cc5ccccc5)C4)CC3)ccc2N1. The maximum Gasteiger partial charge on any atom is 0.243 e. The van der Waals surface area contributed by atoms with Gasteiger partial charge in [0.15, 0.2) is 0 Å². The molecule has 6 nitrogen and oxygen atoms in total. The fourth-order valence-corrected chi connectivity index (χ4v) is 6.78. The minimum absolute atomic E-state index is 0.0118. The largest absolute Gasteiger partial charge is 0.326 e. The van der Waals surface area contributed by atoms with E-state index in [0.717, 1.165) is 50.1 Å². The number of hydrogen-bond donors (Lipinski definition) is 1. The number of hydrogen-bond acceptors (Lipinski definition) is 4. The number of fused-ring (bicyclic) bond motifs is 1. The molecule has 0 saturated carbocycles. The van der Waals surface area contributed by atoms with Crippen molar-refractivity contribution in [2.24, 2.45) is 5.41 Å². The molecule has 31 heavy (non-hydrogen) atoms. The lowest BCUT2D eigenvalue weighted by Gasteiger charge is -2.38. The third-order valence-electron chi connectivity index (χ3n) is 7.16. The van der Waals surface area contributed by atoms with Crippen LogP contribution in [0.2, 0.25) is 0 Å². The highest BCUT2D eigenvalue weighted by molar-refractivity contribution is 7.89. The number of anilines is 1. The van der Waals surface area contributed by atoms with Gasteiger partial charge in [-0.3, -0.25) is 9.69 Å². The average Bonchev–Trinajstić information content (AvgIpc) is 3.16. The van der Waals surface area contributed by atoms with Gasteiger partial charge in [0.25, 0.3) is 0 Å². The van der Waals surface area contributed by atoms with Crippen molar-refractivity contribution >= 4 is 21.6 Å². The molecule has 7 heteroatoms. The minimum atomic E-state index is -3.51. The Morgan fingerprint density at radius 3 is 2.45 bits per heavy atom. The molecule has 0 atom stereocenters. The molecule has 2 saturated heterocycles. The van der Waals surface area contributed by atoms with Crippen LogP contribution in [0, 0.1) is 5.41 Å². The standard InChI is InChI=1S/C24H29N3O3S/c28-23-9-6-20-16-21(7-8-22(20)25-23)31(29,30)27-14-11-24(12-15-27)10-13-26(18-24)17-19-4-2-1-3-5-19/h1-5,7-8,16H,6,9-15,17-18H2,(H,25,28). The van der Waals surface area contributed by atoms with E-state index in [1.54, 1.807) is 22.5 Å². The van der Waals surface area contributed by atoms with Crippen LogP contribution < -0.4 is 5.32 Å². The van der Waals surface area contributed by atoms with Crippen LogP contribution in [0.4, 0.5) is 5.69 Å². The lowest BCUT2D eigenvalue weighted by atomic mass is 9.78. The second-order valence-electron chi connectivity index (χ2n) is 9.22. The second kappa shape index (κ2) is 8.04. The summed E-state index contributed by atoms with van der Waals surface area (Å²) in [6, 6.07) is 15.6. The zero-order valence-electron chi connectivity index (χ0n) is 17.7. The molecule has 3 heterocycles. The average molecular weight is 440 g/mol. The molecule has 0 aliphatic carbocycles. The van der Waals surface area contributed by atoms with E-state index in [1.165, 1.54) is 5.56 Å². The number of sulfonamides is 1. The molecule has 1 amide bonds. The van der Waals surface area contributed by atoms with Crippen molar-refractivity contribution in [1.29, 1.82) is 0 Å². The summed E-state index contributed by atoms with van der Waals surface area (Å²) in [5.41, 5.74) is 3.21. The van der Waals surface area contributed by atoms with Crippen molar-refractivity contribution in [2.75, 3.05) is 31.5 Å². The first-order valence-electron chi connectivity index (χ1n) is 11.1. The summed E-state index contributed by atoms with van der Waals surface area (Å²) in [6.07, 6.45) is 3.97. The van der Waals surface area contributed by atoms with Gasteiger partial charge in [0.2, 0.25) is 15.9 Å². The number of carbonyl (C=O) groups excluding carboxylic acids is 1. The van der Waals surface area contributed by atoms with E-state index >= 15 is 0 Å². The first-order chi connectivity index (χ1) is 14.9. The molecule has 2 aromatic carbocycles. The molecule has 164 valence electrons. The Morgan fingerprint density at radius 1 is 0.935 bits per heavy atom. The van der Waals surface area contributed by atoms with Gasteiger partial charge in [-0.1, -0.05) is 30.3 Å². The Balaban J connectivity index is 1.24. The molecule has 0 aromatic heterocycles. The summed E-state index contributed by atoms with van der Waals surface area (Å²) in [5.74, 6) is -0.0118. The van der Waals surface area contributed by atoms with E-state index in [4.69, 9.17) is 0 Å². The van der Waals surface area contributed by atoms with E-state index in [1.807, 2.05) is 6.07 Å². The molecule has 2 fully saturated rings. The van der Waals surface area contributed by atoms with Crippen LogP contribution in [-0.2, 0) is 27.8 Å². The number of piperidine rings is 1. The van der Waals surface area contributed by atoms with Gasteiger partial charge < -0.3 is 5.32 Å². The molecule has 1 N–H and O–H groups in total. The fraction of sp³-hybridized carbons (Fsp3) is 0.458. The van der Waals surface area contributed by atoms with Gasteiger partial charge in [0.1, 0.15) is 0 Å². The Labute approximate surface area is 184 Å². The lowest BCUT2D eigenvalue weighted by Crippen LogP contribution is -2.44. The minimum Gasteiger partial charge on any atom is -0.326 e. The van der Waals surface area contributed by atoms with Gasteiger partial charge in [0, 0.05) is 38.3 Å². The van der Waals surface area contributed by atoms with Crippen LogP contribution in [-0.4, -0.2) is 49.7 Å². The van der Waals surface area contributed by atoms with Crippen molar-refractivity contribution in [1.82, 2.24) is 9.21 Å². The number of nitrogens with one attached hydrogen (secondary N) is 1. The summed E-state index contributed by atoms with van der Waals surface area (Å²) in [7, 11) is -3.51. The van der Waals surface area contributed by atoms with Gasteiger partial charge >= 0.3 is 0 Å². The first-order valence-corrected chi connectivity index (χ1v) is 12.6. The molecule has 0 radical (unpaired) electrons. The van der Waals surface area contributed by atoms with Gasteiger partial charge in [-0.25, -0.2) is 8.42 Å². The Morgan fingerprint density at radius 2 is 1.68 bits per heavy atom. The highest BCUT2D eigenvalue weighted by atomic mass is 32.2. The number of carbonyl (C=O) groups is 1. The Kier molecular flexibility index (Phi) is 5.36. The molecule has 0 unspecified atom stereocenters. The Hall–Kier alpha value is -2.22. The van der Waals surface area contributed by atoms with E-state index in [-0.39, 0.29) is 11.3 Å². The first kappa shape index (κ1) is 20.7. The molecule has 3 aliphatic heterocycles. The number of rotatable bonds is 4. The third-order valence-corrected chi connectivity index (χ3v) is 9.05. The summed E-state index contributed by atoms with van der Waals surface area (Å²) in [5, 5.41) is 2.82. The quantitative estimate of drug-likeness (QED) is 0.794. The second-order valence-corrected chi connectivity index (χ2v) is 11.2. The number of amides is 1. The predicted octanol–water partition coefficient (Wildman–Crippen LogP) is 3.25. The van der Waals surface area contributed by atoms with E-state index in [9.17, 15) is 13.2 Å². The van der Waals surface area contributed by atoms with Gasteiger partial charge in [0.05, 0.1) is 4.90 Å². The monoisotopic (exact) mass is 439 g/mol. The molecular formula is C24H29N3O3S. The molecule has 0 bridgehead atoms. The molecule has 2 aromatic rings. The van der Waals surface area contributed by atoms with Crippen LogP contribution in [0.5, 0.6) is 0 Å². The highest BCUT2D eigenvalue weighted by Crippen LogP contribution is 2.42. The van der Waals surface area contributed by atoms with Crippen molar-refractivity contribution in [2.45, 2.75) is 43.5 Å². The van der Waals surface area contributed by atoms with Crippen LogP contribution in [0.25, 0.3) is 0 Å². The zero-order chi connectivity index (χ0) is 21.5. The third kappa shape index (κ3) is 4.14. The number of likely N-dealkylation sites (tertiary alicyclic amines) is 1. The normalized spacial score (nSPS) is 21.7. The van der Waals surface area contributed by atoms with Gasteiger partial charge in [-0.15, -0.1) is 0 Å². The maximum absolute atomic E-state index is 13.3. The molecule has 1 spiro atoms. The van der Waals surface area contributed by atoms with Crippen molar-refractivity contribution in [3.05, 3.63) is 59.7 Å². The van der Waals surface area contributed by atoms with Crippen LogP contribution >= 0.6 is 0 Å². The summed E-state index contributed by atoms with van der Waals surface area (Å²) in [6.45, 7) is 4.26. The van der Waals surface area contributed by atoms with Gasteiger partial charge in [-0.05, 0) is 67.0 Å². The number of nitrogens with zero attached hydrogens (tertiary/aromatic N) is 2. The Bertz CT molecular complexity index is 1080. The summed E-state index contributed by atoms with van der Waals surface area (Å²) in [4.78, 5) is 14.4. The topological polar surface area (TPSA) is 69.7 Å². The van der Waals surface area contributed by atoms with Gasteiger partial charge in [-0.2, -0.15) is 4.31 Å². The predicted molar refractivity (Wildman–Crippen MR) is 120 cm³/mol. The molecule has 3 aliphatic rings. The van der Waals surface area contributed by atoms with E-state index < -0.39 is 10.0 Å². The maximum atomic E-state index is 13.3. The van der Waals surface area contributed by atoms with Crippen molar-refractivity contribution < 1.29 is 13.2 Å². The number of aryl methyl sites for hydroxylation is 1. The van der Waals surface area contributed by atoms with E-state index in [0.29, 0.717) is 30.8 Å². The molecule has 5 rings (SSSR count). The van der Waals surface area contributed by atoms with Crippen molar-refractivity contribution in [3.63, 3.8) is 0 Å². The molecular weight excluding hydrogens is 410 g/mol. The van der Waals surface area contributed by atoms with Crippen LogP contribution in [0.1, 0.15) is 36.8 Å². The lowest BCUT2D eigenvalue weighted by molar-refractivity contribution is -0.116. The smallest absolute Gasteiger partial charge is 0.243 e. The zero-order valence-corrected chi connectivity index (χ0v) is 18.5. The number of benzene rings is 2. The van der Waals surface area contributed by atoms with Crippen LogP contribution in [0.15, 0.2) is 53.4 Å².